The van der Waals surface area contributed by atoms with Gasteiger partial charge in [-0.15, -0.1) is 0 Å². The van der Waals surface area contributed by atoms with Crippen LogP contribution in [0.25, 0.3) is 10.9 Å². The number of fused-ring (bicyclic) bond motifs is 1. The molecule has 0 bridgehead atoms. The average molecular weight is 371 g/mol. The first-order chi connectivity index (χ1) is 12.0. The fourth-order valence-electron chi connectivity index (χ4n) is 2.36. The minimum atomic E-state index is -3.71. The van der Waals surface area contributed by atoms with Gasteiger partial charge in [-0.3, -0.25) is 4.98 Å². The zero-order chi connectivity index (χ0) is 17.9. The van der Waals surface area contributed by atoms with Crippen LogP contribution in [-0.4, -0.2) is 19.9 Å². The van der Waals surface area contributed by atoms with Crippen molar-refractivity contribution in [2.75, 3.05) is 6.54 Å². The molecule has 0 amide bonds. The van der Waals surface area contributed by atoms with Gasteiger partial charge in [0.15, 0.2) is 0 Å². The number of hydrogen-bond acceptors (Lipinski definition) is 3. The number of nitrogens with one attached hydrogen (secondary N) is 1. The van der Waals surface area contributed by atoms with Gasteiger partial charge in [0, 0.05) is 21.7 Å². The minimum absolute atomic E-state index is 0.00293. The molecule has 0 saturated carbocycles. The third-order valence-corrected chi connectivity index (χ3v) is 5.19. The second-order valence-corrected chi connectivity index (χ2v) is 7.59. The number of aromatic nitrogens is 1. The van der Waals surface area contributed by atoms with Gasteiger partial charge in [0.1, 0.15) is 4.90 Å². The van der Waals surface area contributed by atoms with Crippen LogP contribution >= 0.6 is 11.6 Å². The lowest BCUT2D eigenvalue weighted by atomic mass is 10.2. The molecule has 25 heavy (non-hydrogen) atoms. The number of sulfonamides is 1. The lowest BCUT2D eigenvalue weighted by molar-refractivity contribution is 0.587. The van der Waals surface area contributed by atoms with E-state index in [1.165, 1.54) is 0 Å². The molecule has 0 spiro atoms. The molecule has 0 aliphatic carbocycles. The van der Waals surface area contributed by atoms with Crippen LogP contribution in [0, 0.1) is 18.8 Å². The molecule has 0 unspecified atom stereocenters. The van der Waals surface area contributed by atoms with Crippen LogP contribution in [0.2, 0.25) is 5.02 Å². The van der Waals surface area contributed by atoms with E-state index in [0.717, 1.165) is 16.6 Å². The molecule has 1 aromatic heterocycles. The number of rotatable bonds is 3. The van der Waals surface area contributed by atoms with Gasteiger partial charge in [-0.25, -0.2) is 8.42 Å². The maximum absolute atomic E-state index is 12.6. The van der Waals surface area contributed by atoms with Gasteiger partial charge in [-0.1, -0.05) is 47.7 Å². The molecule has 2 aromatic carbocycles. The predicted molar refractivity (Wildman–Crippen MR) is 100.0 cm³/mol. The molecular formula is C19H15ClN2O2S. The first-order valence-electron chi connectivity index (χ1n) is 7.56. The number of aryl methyl sites for hydroxylation is 1. The van der Waals surface area contributed by atoms with Crippen LogP contribution < -0.4 is 4.72 Å². The Bertz CT molecular complexity index is 1100. The third kappa shape index (κ3) is 4.18. The largest absolute Gasteiger partial charge is 0.252 e. The number of pyridine rings is 1. The maximum Gasteiger partial charge on any atom is 0.243 e. The molecule has 4 nitrogen and oxygen atoms in total. The van der Waals surface area contributed by atoms with Crippen LogP contribution in [0.3, 0.4) is 0 Å². The summed E-state index contributed by atoms with van der Waals surface area (Å²) in [5, 5.41) is 1.36. The Labute approximate surface area is 151 Å². The SMILES string of the molecule is Cc1ccc2cccc(S(=O)(=O)NCC#Cc3cccc(Cl)c3)c2n1. The van der Waals surface area contributed by atoms with E-state index in [9.17, 15) is 8.42 Å². The summed E-state index contributed by atoms with van der Waals surface area (Å²) in [4.78, 5) is 4.51. The number of nitrogens with zero attached hydrogens (tertiary/aromatic N) is 1. The Morgan fingerprint density at radius 1 is 1.12 bits per heavy atom. The highest BCUT2D eigenvalue weighted by molar-refractivity contribution is 7.89. The Hall–Kier alpha value is -2.39. The van der Waals surface area contributed by atoms with Gasteiger partial charge in [0.05, 0.1) is 12.1 Å². The molecule has 0 saturated heterocycles. The highest BCUT2D eigenvalue weighted by atomic mass is 35.5. The molecule has 3 rings (SSSR count). The van der Waals surface area contributed by atoms with Crippen molar-refractivity contribution in [2.45, 2.75) is 11.8 Å². The summed E-state index contributed by atoms with van der Waals surface area (Å²) >= 11 is 5.89. The van der Waals surface area contributed by atoms with Crippen molar-refractivity contribution in [3.8, 4) is 11.8 Å². The molecule has 0 atom stereocenters. The monoisotopic (exact) mass is 370 g/mol. The summed E-state index contributed by atoms with van der Waals surface area (Å²) in [6.45, 7) is 1.82. The van der Waals surface area contributed by atoms with Gasteiger partial charge in [-0.05, 0) is 37.3 Å². The normalized spacial score (nSPS) is 11.1. The van der Waals surface area contributed by atoms with Gasteiger partial charge in [0.25, 0.3) is 0 Å². The van der Waals surface area contributed by atoms with Crippen LogP contribution in [-0.2, 0) is 10.0 Å². The lowest BCUT2D eigenvalue weighted by Gasteiger charge is -2.07. The van der Waals surface area contributed by atoms with Crippen molar-refractivity contribution in [1.29, 1.82) is 0 Å². The number of para-hydroxylation sites is 1. The summed E-state index contributed by atoms with van der Waals surface area (Å²) in [6.07, 6.45) is 0. The summed E-state index contributed by atoms with van der Waals surface area (Å²) in [5.74, 6) is 5.67. The van der Waals surface area contributed by atoms with E-state index in [1.54, 1.807) is 30.3 Å². The molecule has 0 fully saturated rings. The second kappa shape index (κ2) is 7.24. The van der Waals surface area contributed by atoms with E-state index in [2.05, 4.69) is 21.5 Å². The molecule has 0 aliphatic heterocycles. The van der Waals surface area contributed by atoms with E-state index < -0.39 is 10.0 Å². The first kappa shape index (κ1) is 17.4. The summed E-state index contributed by atoms with van der Waals surface area (Å²) < 4.78 is 27.7. The zero-order valence-corrected chi connectivity index (χ0v) is 15.0. The molecule has 1 N–H and O–H groups in total. The van der Waals surface area contributed by atoms with Crippen LogP contribution in [0.4, 0.5) is 0 Å². The van der Waals surface area contributed by atoms with Crippen LogP contribution in [0.1, 0.15) is 11.3 Å². The summed E-state index contributed by atoms with van der Waals surface area (Å²) in [6, 6.07) is 15.9. The first-order valence-corrected chi connectivity index (χ1v) is 9.42. The molecule has 6 heteroatoms. The van der Waals surface area contributed by atoms with Crippen LogP contribution in [0.5, 0.6) is 0 Å². The van der Waals surface area contributed by atoms with Crippen molar-refractivity contribution < 1.29 is 8.42 Å². The molecule has 0 radical (unpaired) electrons. The summed E-state index contributed by atoms with van der Waals surface area (Å²) in [7, 11) is -3.71. The van der Waals surface area contributed by atoms with Gasteiger partial charge >= 0.3 is 0 Å². The highest BCUT2D eigenvalue weighted by Gasteiger charge is 2.17. The van der Waals surface area contributed by atoms with E-state index in [-0.39, 0.29) is 11.4 Å². The van der Waals surface area contributed by atoms with E-state index >= 15 is 0 Å². The number of halogens is 1. The Balaban J connectivity index is 1.83. The van der Waals surface area contributed by atoms with Gasteiger partial charge < -0.3 is 0 Å². The maximum atomic E-state index is 12.6. The van der Waals surface area contributed by atoms with E-state index in [4.69, 9.17) is 11.6 Å². The topological polar surface area (TPSA) is 59.1 Å². The van der Waals surface area contributed by atoms with Gasteiger partial charge in [-0.2, -0.15) is 4.72 Å². The summed E-state index contributed by atoms with van der Waals surface area (Å²) in [5.41, 5.74) is 1.95. The molecular weight excluding hydrogens is 356 g/mol. The Morgan fingerprint density at radius 3 is 2.72 bits per heavy atom. The van der Waals surface area contributed by atoms with E-state index in [1.807, 2.05) is 31.2 Å². The molecule has 3 aromatic rings. The third-order valence-electron chi connectivity index (χ3n) is 3.52. The zero-order valence-electron chi connectivity index (χ0n) is 13.5. The van der Waals surface area contributed by atoms with Crippen molar-refractivity contribution in [3.05, 3.63) is 70.9 Å². The van der Waals surface area contributed by atoms with Crippen LogP contribution in [0.15, 0.2) is 59.5 Å². The second-order valence-electron chi connectivity index (χ2n) is 5.42. The average Bonchev–Trinajstić information content (AvgIpc) is 2.58. The highest BCUT2D eigenvalue weighted by Crippen LogP contribution is 2.21. The van der Waals surface area contributed by atoms with Crippen molar-refractivity contribution in [1.82, 2.24) is 9.71 Å². The predicted octanol–water partition coefficient (Wildman–Crippen LogP) is 3.53. The quantitative estimate of drug-likeness (QED) is 0.717. The smallest absolute Gasteiger partial charge is 0.243 e. The lowest BCUT2D eigenvalue weighted by Crippen LogP contribution is -2.24. The van der Waals surface area contributed by atoms with Crippen molar-refractivity contribution in [3.63, 3.8) is 0 Å². The number of benzene rings is 2. The molecule has 1 heterocycles. The Morgan fingerprint density at radius 2 is 1.92 bits per heavy atom. The van der Waals surface area contributed by atoms with Gasteiger partial charge in [0.2, 0.25) is 10.0 Å². The standard InChI is InChI=1S/C19H15ClN2O2S/c1-14-10-11-16-7-3-9-18(19(16)22-14)25(23,24)21-12-4-6-15-5-2-8-17(20)13-15/h2-3,5,7-11,13,21H,12H2,1H3. The number of hydrogen-bond donors (Lipinski definition) is 1. The fourth-order valence-corrected chi connectivity index (χ4v) is 3.64. The fraction of sp³-hybridized carbons (Fsp3) is 0.105. The molecule has 0 aliphatic rings. The Kier molecular flexibility index (Phi) is 5.05. The minimum Gasteiger partial charge on any atom is -0.252 e. The van der Waals surface area contributed by atoms with Crippen molar-refractivity contribution in [2.24, 2.45) is 0 Å². The van der Waals surface area contributed by atoms with Crippen molar-refractivity contribution >= 4 is 32.5 Å². The molecule has 126 valence electrons. The van der Waals surface area contributed by atoms with E-state index in [0.29, 0.717) is 10.5 Å².